The van der Waals surface area contributed by atoms with Crippen LogP contribution >= 0.6 is 0 Å². The Morgan fingerprint density at radius 2 is 2.25 bits per heavy atom. The molecule has 16 heavy (non-hydrogen) atoms. The Labute approximate surface area is 99.6 Å². The van der Waals surface area contributed by atoms with Gasteiger partial charge in [0.05, 0.1) is 0 Å². The fourth-order valence-corrected chi connectivity index (χ4v) is 2.22. The van der Waals surface area contributed by atoms with Crippen LogP contribution in [0.25, 0.3) is 0 Å². The molecule has 1 unspecified atom stereocenters. The molecule has 1 saturated heterocycles. The van der Waals surface area contributed by atoms with Gasteiger partial charge in [-0.25, -0.2) is 0 Å². The van der Waals surface area contributed by atoms with E-state index < -0.39 is 0 Å². The van der Waals surface area contributed by atoms with Crippen molar-refractivity contribution in [2.75, 3.05) is 32.7 Å². The summed E-state index contributed by atoms with van der Waals surface area (Å²) in [6.45, 7) is 11.7. The molecular weight excluding hydrogens is 200 g/mol. The van der Waals surface area contributed by atoms with Crippen LogP contribution in [0.1, 0.15) is 33.6 Å². The van der Waals surface area contributed by atoms with Crippen LogP contribution in [-0.2, 0) is 4.79 Å². The van der Waals surface area contributed by atoms with Gasteiger partial charge in [0.1, 0.15) is 5.78 Å². The van der Waals surface area contributed by atoms with E-state index in [4.69, 9.17) is 0 Å². The summed E-state index contributed by atoms with van der Waals surface area (Å²) >= 11 is 0. The molecule has 0 aliphatic carbocycles. The SMILES string of the molecule is CCC(=O)C1CCN(CCNCC(C)C)C1. The molecule has 1 heterocycles. The summed E-state index contributed by atoms with van der Waals surface area (Å²) in [7, 11) is 0. The van der Waals surface area contributed by atoms with Crippen LogP contribution < -0.4 is 5.32 Å². The Kier molecular flexibility index (Phi) is 5.99. The van der Waals surface area contributed by atoms with E-state index in [-0.39, 0.29) is 0 Å². The molecule has 1 fully saturated rings. The van der Waals surface area contributed by atoms with Gasteiger partial charge < -0.3 is 10.2 Å². The Balaban J connectivity index is 2.10. The molecule has 1 rings (SSSR count). The standard InChI is InChI=1S/C13H26N2O/c1-4-13(16)12-5-7-15(10-12)8-6-14-9-11(2)3/h11-12,14H,4-10H2,1-3H3. The van der Waals surface area contributed by atoms with Crippen molar-refractivity contribution in [1.29, 1.82) is 0 Å². The largest absolute Gasteiger partial charge is 0.315 e. The smallest absolute Gasteiger partial charge is 0.137 e. The van der Waals surface area contributed by atoms with Crippen molar-refractivity contribution in [3.8, 4) is 0 Å². The minimum absolute atomic E-state index is 0.315. The first-order chi connectivity index (χ1) is 7.63. The highest BCUT2D eigenvalue weighted by Crippen LogP contribution is 2.17. The van der Waals surface area contributed by atoms with Crippen LogP contribution in [0.15, 0.2) is 0 Å². The second-order valence-corrected chi connectivity index (χ2v) is 5.20. The number of carbonyl (C=O) groups is 1. The number of hydrogen-bond acceptors (Lipinski definition) is 3. The lowest BCUT2D eigenvalue weighted by molar-refractivity contribution is -0.122. The van der Waals surface area contributed by atoms with Crippen LogP contribution in [0, 0.1) is 11.8 Å². The molecule has 0 aromatic rings. The minimum Gasteiger partial charge on any atom is -0.315 e. The molecule has 0 amide bonds. The van der Waals surface area contributed by atoms with Gasteiger partial charge in [0.2, 0.25) is 0 Å². The first kappa shape index (κ1) is 13.7. The van der Waals surface area contributed by atoms with Gasteiger partial charge in [-0.2, -0.15) is 0 Å². The van der Waals surface area contributed by atoms with E-state index in [0.717, 1.165) is 39.1 Å². The quantitative estimate of drug-likeness (QED) is 0.668. The molecule has 1 N–H and O–H groups in total. The average molecular weight is 226 g/mol. The number of likely N-dealkylation sites (tertiary alicyclic amines) is 1. The van der Waals surface area contributed by atoms with Gasteiger partial charge in [-0.3, -0.25) is 4.79 Å². The Hall–Kier alpha value is -0.410. The van der Waals surface area contributed by atoms with Gasteiger partial charge in [-0.05, 0) is 25.4 Å². The maximum atomic E-state index is 11.5. The molecule has 1 aliphatic rings. The van der Waals surface area contributed by atoms with E-state index in [1.807, 2.05) is 6.92 Å². The van der Waals surface area contributed by atoms with E-state index in [0.29, 0.717) is 24.0 Å². The van der Waals surface area contributed by atoms with Crippen molar-refractivity contribution in [2.45, 2.75) is 33.6 Å². The Morgan fingerprint density at radius 3 is 2.88 bits per heavy atom. The maximum absolute atomic E-state index is 11.5. The summed E-state index contributed by atoms with van der Waals surface area (Å²) in [4.78, 5) is 13.9. The number of rotatable bonds is 7. The molecular formula is C13H26N2O. The highest BCUT2D eigenvalue weighted by Gasteiger charge is 2.26. The zero-order chi connectivity index (χ0) is 12.0. The fourth-order valence-electron chi connectivity index (χ4n) is 2.22. The third-order valence-electron chi connectivity index (χ3n) is 3.23. The molecule has 3 nitrogen and oxygen atoms in total. The van der Waals surface area contributed by atoms with Crippen LogP contribution in [0.4, 0.5) is 0 Å². The van der Waals surface area contributed by atoms with Crippen LogP contribution in [-0.4, -0.2) is 43.4 Å². The van der Waals surface area contributed by atoms with Crippen molar-refractivity contribution in [3.05, 3.63) is 0 Å². The number of carbonyl (C=O) groups excluding carboxylic acids is 1. The van der Waals surface area contributed by atoms with Crippen LogP contribution in [0.5, 0.6) is 0 Å². The predicted octanol–water partition coefficient (Wildman–Crippen LogP) is 1.53. The van der Waals surface area contributed by atoms with E-state index in [1.165, 1.54) is 0 Å². The van der Waals surface area contributed by atoms with Crippen molar-refractivity contribution >= 4 is 5.78 Å². The number of ketones is 1. The molecule has 94 valence electrons. The Bertz CT molecular complexity index is 216. The lowest BCUT2D eigenvalue weighted by Crippen LogP contribution is -2.32. The number of Topliss-reactive ketones (excluding diaryl/α,β-unsaturated/α-hetero) is 1. The van der Waals surface area contributed by atoms with Crippen molar-refractivity contribution in [1.82, 2.24) is 10.2 Å². The normalized spacial score (nSPS) is 21.9. The summed E-state index contributed by atoms with van der Waals surface area (Å²) in [5, 5.41) is 3.44. The summed E-state index contributed by atoms with van der Waals surface area (Å²) < 4.78 is 0. The topological polar surface area (TPSA) is 32.3 Å². The van der Waals surface area contributed by atoms with Crippen molar-refractivity contribution < 1.29 is 4.79 Å². The molecule has 0 aromatic heterocycles. The van der Waals surface area contributed by atoms with Gasteiger partial charge in [0, 0.05) is 32.0 Å². The zero-order valence-electron chi connectivity index (χ0n) is 11.0. The molecule has 1 atom stereocenters. The number of hydrogen-bond donors (Lipinski definition) is 1. The second kappa shape index (κ2) is 7.02. The third kappa shape index (κ3) is 4.62. The minimum atomic E-state index is 0.315. The molecule has 3 heteroatoms. The molecule has 0 saturated carbocycles. The lowest BCUT2D eigenvalue weighted by Gasteiger charge is -2.16. The summed E-state index contributed by atoms with van der Waals surface area (Å²) in [6.07, 6.45) is 1.76. The lowest BCUT2D eigenvalue weighted by atomic mass is 10.0. The van der Waals surface area contributed by atoms with E-state index in [9.17, 15) is 4.79 Å². The van der Waals surface area contributed by atoms with Crippen molar-refractivity contribution in [3.63, 3.8) is 0 Å². The average Bonchev–Trinajstić information content (AvgIpc) is 2.71. The van der Waals surface area contributed by atoms with Gasteiger partial charge in [0.25, 0.3) is 0 Å². The van der Waals surface area contributed by atoms with E-state index >= 15 is 0 Å². The first-order valence-corrected chi connectivity index (χ1v) is 6.59. The summed E-state index contributed by atoms with van der Waals surface area (Å²) in [5.41, 5.74) is 0. The highest BCUT2D eigenvalue weighted by molar-refractivity contribution is 5.81. The molecule has 0 spiro atoms. The zero-order valence-corrected chi connectivity index (χ0v) is 11.0. The van der Waals surface area contributed by atoms with Crippen LogP contribution in [0.3, 0.4) is 0 Å². The molecule has 0 bridgehead atoms. The van der Waals surface area contributed by atoms with Crippen molar-refractivity contribution in [2.24, 2.45) is 11.8 Å². The summed E-state index contributed by atoms with van der Waals surface area (Å²) in [5.74, 6) is 1.47. The molecule has 0 radical (unpaired) electrons. The predicted molar refractivity (Wildman–Crippen MR) is 67.6 cm³/mol. The second-order valence-electron chi connectivity index (χ2n) is 5.20. The highest BCUT2D eigenvalue weighted by atomic mass is 16.1. The third-order valence-corrected chi connectivity index (χ3v) is 3.23. The number of nitrogens with zero attached hydrogens (tertiary/aromatic N) is 1. The van der Waals surface area contributed by atoms with Crippen LogP contribution in [0.2, 0.25) is 0 Å². The number of nitrogens with one attached hydrogen (secondary N) is 1. The maximum Gasteiger partial charge on any atom is 0.137 e. The van der Waals surface area contributed by atoms with Gasteiger partial charge in [-0.15, -0.1) is 0 Å². The van der Waals surface area contributed by atoms with E-state index in [1.54, 1.807) is 0 Å². The molecule has 1 aliphatic heterocycles. The molecule has 0 aromatic carbocycles. The monoisotopic (exact) mass is 226 g/mol. The Morgan fingerprint density at radius 1 is 1.50 bits per heavy atom. The van der Waals surface area contributed by atoms with Gasteiger partial charge in [0.15, 0.2) is 0 Å². The van der Waals surface area contributed by atoms with Gasteiger partial charge >= 0.3 is 0 Å². The first-order valence-electron chi connectivity index (χ1n) is 6.59. The van der Waals surface area contributed by atoms with Gasteiger partial charge in [-0.1, -0.05) is 20.8 Å². The fraction of sp³-hybridized carbons (Fsp3) is 0.923. The summed E-state index contributed by atoms with van der Waals surface area (Å²) in [6, 6.07) is 0. The van der Waals surface area contributed by atoms with E-state index in [2.05, 4.69) is 24.1 Å².